The Labute approximate surface area is 117 Å². The first-order valence-corrected chi connectivity index (χ1v) is 6.58. The van der Waals surface area contributed by atoms with E-state index in [1.54, 1.807) is 38.1 Å². The summed E-state index contributed by atoms with van der Waals surface area (Å²) in [5.41, 5.74) is 0.530. The fourth-order valence-corrected chi connectivity index (χ4v) is 2.18. The highest BCUT2D eigenvalue weighted by atomic mass is 35.5. The zero-order valence-electron chi connectivity index (χ0n) is 11.0. The van der Waals surface area contributed by atoms with Crippen molar-refractivity contribution in [2.24, 2.45) is 11.8 Å². The van der Waals surface area contributed by atoms with Crippen LogP contribution in [0.4, 0.5) is 5.69 Å². The number of aliphatic carboxylic acids is 1. The van der Waals surface area contributed by atoms with E-state index >= 15 is 0 Å². The number of amides is 1. The van der Waals surface area contributed by atoms with Gasteiger partial charge in [0.1, 0.15) is 0 Å². The number of para-hydroxylation sites is 1. The molecule has 0 radical (unpaired) electrons. The Bertz CT molecular complexity index is 462. The predicted molar refractivity (Wildman–Crippen MR) is 72.7 cm³/mol. The van der Waals surface area contributed by atoms with Crippen molar-refractivity contribution in [3.05, 3.63) is 29.3 Å². The number of nitrogens with one attached hydrogen (secondary N) is 1. The van der Waals surface area contributed by atoms with Crippen molar-refractivity contribution >= 4 is 29.2 Å². The molecule has 104 valence electrons. The molecule has 4 nitrogen and oxygen atoms in total. The van der Waals surface area contributed by atoms with Gasteiger partial charge in [-0.1, -0.05) is 37.6 Å². The van der Waals surface area contributed by atoms with Crippen molar-refractivity contribution < 1.29 is 14.7 Å². The summed E-state index contributed by atoms with van der Waals surface area (Å²) in [5, 5.41) is 14.0. The van der Waals surface area contributed by atoms with Crippen LogP contribution in [0.2, 0.25) is 5.02 Å². The van der Waals surface area contributed by atoms with Crippen LogP contribution in [0.3, 0.4) is 0 Å². The summed E-state index contributed by atoms with van der Waals surface area (Å²) < 4.78 is 0. The third-order valence-electron chi connectivity index (χ3n) is 3.08. The molecule has 1 N–H and O–H groups in total. The molecular weight excluding hydrogens is 266 g/mol. The smallest absolute Gasteiger partial charge is 0.224 e. The second-order valence-corrected chi connectivity index (χ2v) is 4.95. The Morgan fingerprint density at radius 3 is 2.53 bits per heavy atom. The van der Waals surface area contributed by atoms with Gasteiger partial charge in [-0.05, 0) is 24.5 Å². The number of benzene rings is 1. The van der Waals surface area contributed by atoms with Gasteiger partial charge < -0.3 is 15.2 Å². The van der Waals surface area contributed by atoms with Crippen LogP contribution in [0.15, 0.2) is 24.3 Å². The molecule has 1 aromatic rings. The number of halogens is 1. The van der Waals surface area contributed by atoms with E-state index in [9.17, 15) is 14.7 Å². The molecule has 0 aromatic heterocycles. The standard InChI is InChI=1S/C14H18ClNO3/c1-3-10(14(18)19)9(2)8-13(17)16-12-7-5-4-6-11(12)15/h4-7,9-10H,3,8H2,1-2H3,(H,16,17)(H,18,19)/p-1/t9-,10+/m1/s1. The summed E-state index contributed by atoms with van der Waals surface area (Å²) in [5.74, 6) is -2.25. The van der Waals surface area contributed by atoms with Gasteiger partial charge in [-0.2, -0.15) is 0 Å². The monoisotopic (exact) mass is 282 g/mol. The Kier molecular flexibility index (Phi) is 5.83. The maximum Gasteiger partial charge on any atom is 0.224 e. The minimum absolute atomic E-state index is 0.123. The average molecular weight is 283 g/mol. The quantitative estimate of drug-likeness (QED) is 0.868. The van der Waals surface area contributed by atoms with Gasteiger partial charge in [0.05, 0.1) is 10.7 Å². The molecule has 1 amide bonds. The molecule has 0 spiro atoms. The van der Waals surface area contributed by atoms with Gasteiger partial charge in [0.2, 0.25) is 5.91 Å². The van der Waals surface area contributed by atoms with Gasteiger partial charge in [-0.25, -0.2) is 0 Å². The fourth-order valence-electron chi connectivity index (χ4n) is 2.00. The van der Waals surface area contributed by atoms with Gasteiger partial charge in [-0.15, -0.1) is 0 Å². The predicted octanol–water partition coefficient (Wildman–Crippen LogP) is 2.08. The zero-order chi connectivity index (χ0) is 14.4. The fraction of sp³-hybridized carbons (Fsp3) is 0.429. The van der Waals surface area contributed by atoms with Crippen LogP contribution < -0.4 is 10.4 Å². The molecule has 0 unspecified atom stereocenters. The molecule has 19 heavy (non-hydrogen) atoms. The Hall–Kier alpha value is -1.55. The number of carboxylic acids is 1. The summed E-state index contributed by atoms with van der Waals surface area (Å²) in [6.45, 7) is 3.50. The largest absolute Gasteiger partial charge is 0.550 e. The highest BCUT2D eigenvalue weighted by Gasteiger charge is 2.20. The van der Waals surface area contributed by atoms with Crippen molar-refractivity contribution in [2.75, 3.05) is 5.32 Å². The maximum atomic E-state index is 11.8. The van der Waals surface area contributed by atoms with Gasteiger partial charge in [0, 0.05) is 18.3 Å². The molecule has 0 aliphatic rings. The summed E-state index contributed by atoms with van der Waals surface area (Å²) >= 11 is 5.93. The van der Waals surface area contributed by atoms with Crippen LogP contribution in [0.5, 0.6) is 0 Å². The first-order valence-electron chi connectivity index (χ1n) is 6.21. The van der Waals surface area contributed by atoms with E-state index in [0.29, 0.717) is 17.1 Å². The van der Waals surface area contributed by atoms with E-state index < -0.39 is 11.9 Å². The number of hydrogen-bond donors (Lipinski definition) is 1. The number of anilines is 1. The van der Waals surface area contributed by atoms with Crippen LogP contribution in [0.25, 0.3) is 0 Å². The van der Waals surface area contributed by atoms with Crippen LogP contribution in [-0.2, 0) is 9.59 Å². The summed E-state index contributed by atoms with van der Waals surface area (Å²) in [6.07, 6.45) is 0.570. The highest BCUT2D eigenvalue weighted by Crippen LogP contribution is 2.23. The molecule has 0 saturated heterocycles. The number of rotatable bonds is 6. The Balaban J connectivity index is 2.61. The molecule has 0 aliphatic carbocycles. The maximum absolute atomic E-state index is 11.8. The summed E-state index contributed by atoms with van der Waals surface area (Å²) in [6, 6.07) is 6.91. The number of carboxylic acid groups (broad SMARTS) is 1. The van der Waals surface area contributed by atoms with Crippen molar-refractivity contribution in [3.63, 3.8) is 0 Å². The number of carbonyl (C=O) groups is 2. The van der Waals surface area contributed by atoms with Gasteiger partial charge in [-0.3, -0.25) is 4.79 Å². The highest BCUT2D eigenvalue weighted by molar-refractivity contribution is 6.33. The summed E-state index contributed by atoms with van der Waals surface area (Å²) in [7, 11) is 0. The molecule has 0 saturated carbocycles. The van der Waals surface area contributed by atoms with E-state index in [0.717, 1.165) is 0 Å². The van der Waals surface area contributed by atoms with E-state index in [1.165, 1.54) is 0 Å². The lowest BCUT2D eigenvalue weighted by atomic mass is 9.89. The van der Waals surface area contributed by atoms with E-state index in [-0.39, 0.29) is 18.2 Å². The SMILES string of the molecule is CC[C@H](C(=O)[O-])[C@H](C)CC(=O)Nc1ccccc1Cl. The second-order valence-electron chi connectivity index (χ2n) is 4.54. The number of hydrogen-bond acceptors (Lipinski definition) is 3. The normalized spacial score (nSPS) is 13.6. The molecule has 1 aromatic carbocycles. The van der Waals surface area contributed by atoms with Crippen molar-refractivity contribution in [3.8, 4) is 0 Å². The van der Waals surface area contributed by atoms with E-state index in [2.05, 4.69) is 5.32 Å². The second kappa shape index (κ2) is 7.14. The minimum Gasteiger partial charge on any atom is -0.550 e. The minimum atomic E-state index is -1.11. The zero-order valence-corrected chi connectivity index (χ0v) is 11.7. The van der Waals surface area contributed by atoms with Crippen molar-refractivity contribution in [2.45, 2.75) is 26.7 Å². The first kappa shape index (κ1) is 15.5. The number of carbonyl (C=O) groups excluding carboxylic acids is 2. The van der Waals surface area contributed by atoms with Gasteiger partial charge in [0.15, 0.2) is 0 Å². The van der Waals surface area contributed by atoms with Crippen LogP contribution in [0.1, 0.15) is 26.7 Å². The Morgan fingerprint density at radius 2 is 2.00 bits per heavy atom. The molecule has 5 heteroatoms. The molecular formula is C14H17ClNO3-. The lowest BCUT2D eigenvalue weighted by molar-refractivity contribution is -0.313. The molecule has 1 rings (SSSR count). The van der Waals surface area contributed by atoms with E-state index in [4.69, 9.17) is 11.6 Å². The average Bonchev–Trinajstić information content (AvgIpc) is 2.32. The summed E-state index contributed by atoms with van der Waals surface area (Å²) in [4.78, 5) is 22.7. The van der Waals surface area contributed by atoms with Crippen LogP contribution in [-0.4, -0.2) is 11.9 Å². The Morgan fingerprint density at radius 1 is 1.37 bits per heavy atom. The topological polar surface area (TPSA) is 69.2 Å². The van der Waals surface area contributed by atoms with Crippen LogP contribution in [0, 0.1) is 11.8 Å². The lowest BCUT2D eigenvalue weighted by Crippen LogP contribution is -2.36. The van der Waals surface area contributed by atoms with Gasteiger partial charge >= 0.3 is 0 Å². The molecule has 2 atom stereocenters. The lowest BCUT2D eigenvalue weighted by Gasteiger charge is -2.23. The molecule has 0 bridgehead atoms. The van der Waals surface area contributed by atoms with Crippen LogP contribution >= 0.6 is 11.6 Å². The molecule has 0 heterocycles. The molecule has 0 aliphatic heterocycles. The van der Waals surface area contributed by atoms with Crippen molar-refractivity contribution in [1.29, 1.82) is 0 Å². The third-order valence-corrected chi connectivity index (χ3v) is 3.41. The third kappa shape index (κ3) is 4.56. The van der Waals surface area contributed by atoms with Crippen molar-refractivity contribution in [1.82, 2.24) is 0 Å². The first-order chi connectivity index (χ1) is 8.95. The molecule has 0 fully saturated rings. The van der Waals surface area contributed by atoms with Gasteiger partial charge in [0.25, 0.3) is 0 Å². The van der Waals surface area contributed by atoms with E-state index in [1.807, 2.05) is 0 Å².